The first-order valence-electron chi connectivity index (χ1n) is 14.4. The standard InChI is InChI=1S/C35H43O3PSi/c1-29(39(37,30-19-9-5-10-20-30)31-21-11-6-12-22-31)34(36)27-17-18-28-38-40(35(2,3)4,32-23-13-7-14-24-32)33-25-15-8-16-26-33/h5-16,19-26,29,34,36H,17-18,27-28H2,1-4H3/t29-,34-/m0/s1. The van der Waals surface area contributed by atoms with Gasteiger partial charge in [0, 0.05) is 22.9 Å². The van der Waals surface area contributed by atoms with Crippen LogP contribution >= 0.6 is 7.14 Å². The van der Waals surface area contributed by atoms with E-state index in [2.05, 4.69) is 81.4 Å². The summed E-state index contributed by atoms with van der Waals surface area (Å²) < 4.78 is 21.6. The van der Waals surface area contributed by atoms with Crippen LogP contribution in [-0.2, 0) is 8.99 Å². The van der Waals surface area contributed by atoms with Gasteiger partial charge in [0.15, 0.2) is 0 Å². The van der Waals surface area contributed by atoms with E-state index in [1.807, 2.05) is 67.6 Å². The van der Waals surface area contributed by atoms with Gasteiger partial charge in [0.1, 0.15) is 7.14 Å². The molecule has 4 rings (SSSR count). The minimum Gasteiger partial charge on any atom is -0.407 e. The fourth-order valence-electron chi connectivity index (χ4n) is 5.84. The lowest BCUT2D eigenvalue weighted by molar-refractivity contribution is 0.156. The van der Waals surface area contributed by atoms with Gasteiger partial charge in [0.25, 0.3) is 8.32 Å². The molecule has 0 radical (unpaired) electrons. The van der Waals surface area contributed by atoms with E-state index >= 15 is 0 Å². The predicted molar refractivity (Wildman–Crippen MR) is 173 cm³/mol. The third-order valence-corrected chi connectivity index (χ3v) is 16.7. The second kappa shape index (κ2) is 13.3. The van der Waals surface area contributed by atoms with Gasteiger partial charge < -0.3 is 14.1 Å². The third kappa shape index (κ3) is 6.26. The predicted octanol–water partition coefficient (Wildman–Crippen LogP) is 6.50. The molecule has 4 aromatic rings. The van der Waals surface area contributed by atoms with Gasteiger partial charge in [-0.1, -0.05) is 149 Å². The molecule has 0 saturated heterocycles. The highest BCUT2D eigenvalue weighted by Gasteiger charge is 2.50. The first kappa shape index (κ1) is 30.2. The second-order valence-electron chi connectivity index (χ2n) is 11.6. The zero-order valence-electron chi connectivity index (χ0n) is 24.2. The molecule has 0 aliphatic heterocycles. The van der Waals surface area contributed by atoms with Gasteiger partial charge >= 0.3 is 0 Å². The number of benzene rings is 4. The fraction of sp³-hybridized carbons (Fsp3) is 0.314. The van der Waals surface area contributed by atoms with Crippen LogP contribution in [-0.4, -0.2) is 31.8 Å². The molecule has 0 heterocycles. The number of unbranched alkanes of at least 4 members (excludes halogenated alkanes) is 1. The lowest BCUT2D eigenvalue weighted by Crippen LogP contribution is -2.66. The Hall–Kier alpha value is -2.75. The van der Waals surface area contributed by atoms with E-state index in [0.29, 0.717) is 13.0 Å². The van der Waals surface area contributed by atoms with Crippen molar-refractivity contribution in [2.24, 2.45) is 0 Å². The number of aliphatic hydroxyl groups is 1. The van der Waals surface area contributed by atoms with Crippen LogP contribution < -0.4 is 21.0 Å². The molecule has 3 nitrogen and oxygen atoms in total. The van der Waals surface area contributed by atoms with Crippen LogP contribution in [0.25, 0.3) is 0 Å². The quantitative estimate of drug-likeness (QED) is 0.120. The highest BCUT2D eigenvalue weighted by molar-refractivity contribution is 7.79. The van der Waals surface area contributed by atoms with E-state index < -0.39 is 27.2 Å². The van der Waals surface area contributed by atoms with Crippen LogP contribution in [0, 0.1) is 0 Å². The van der Waals surface area contributed by atoms with Gasteiger partial charge in [-0.05, 0) is 34.7 Å². The highest BCUT2D eigenvalue weighted by atomic mass is 31.2. The Labute approximate surface area is 241 Å². The minimum atomic E-state index is -3.03. The maximum atomic E-state index is 14.6. The average molecular weight is 571 g/mol. The highest BCUT2D eigenvalue weighted by Crippen LogP contribution is 2.50. The van der Waals surface area contributed by atoms with Gasteiger partial charge in [-0.15, -0.1) is 0 Å². The van der Waals surface area contributed by atoms with Crippen molar-refractivity contribution < 1.29 is 14.1 Å². The monoisotopic (exact) mass is 570 g/mol. The SMILES string of the molecule is C[C@@H]([C@@H](O)CCCCO[Si](c1ccccc1)(c1ccccc1)C(C)(C)C)P(=O)(c1ccccc1)c1ccccc1. The summed E-state index contributed by atoms with van der Waals surface area (Å²) in [6, 6.07) is 40.6. The zero-order valence-corrected chi connectivity index (χ0v) is 26.1. The van der Waals surface area contributed by atoms with Gasteiger partial charge in [-0.3, -0.25) is 0 Å². The molecule has 0 aliphatic rings. The van der Waals surface area contributed by atoms with Crippen LogP contribution in [0.4, 0.5) is 0 Å². The smallest absolute Gasteiger partial charge is 0.261 e. The molecule has 2 atom stereocenters. The van der Waals surface area contributed by atoms with Crippen molar-refractivity contribution in [3.05, 3.63) is 121 Å². The Morgan fingerprint density at radius 3 is 1.50 bits per heavy atom. The molecule has 0 amide bonds. The summed E-state index contributed by atoms with van der Waals surface area (Å²) in [5.41, 5.74) is -0.394. The van der Waals surface area contributed by atoms with Crippen LogP contribution in [0.5, 0.6) is 0 Å². The third-order valence-electron chi connectivity index (χ3n) is 8.04. The van der Waals surface area contributed by atoms with Gasteiger partial charge in [0.2, 0.25) is 0 Å². The normalized spacial score (nSPS) is 14.0. The van der Waals surface area contributed by atoms with Crippen molar-refractivity contribution in [3.63, 3.8) is 0 Å². The van der Waals surface area contributed by atoms with Crippen molar-refractivity contribution >= 4 is 36.4 Å². The second-order valence-corrected chi connectivity index (χ2v) is 19.1. The molecular formula is C35H43O3PSi. The lowest BCUT2D eigenvalue weighted by atomic mass is 10.1. The Kier molecular flexibility index (Phi) is 10.0. The van der Waals surface area contributed by atoms with Crippen molar-refractivity contribution in [3.8, 4) is 0 Å². The van der Waals surface area contributed by atoms with Crippen molar-refractivity contribution in [1.82, 2.24) is 0 Å². The topological polar surface area (TPSA) is 46.5 Å². The molecule has 210 valence electrons. The molecular weight excluding hydrogens is 527 g/mol. The number of hydrogen-bond donors (Lipinski definition) is 1. The largest absolute Gasteiger partial charge is 0.407 e. The molecule has 40 heavy (non-hydrogen) atoms. The van der Waals surface area contributed by atoms with Crippen LogP contribution in [0.1, 0.15) is 47.0 Å². The summed E-state index contributed by atoms with van der Waals surface area (Å²) in [6.07, 6.45) is 1.52. The minimum absolute atomic E-state index is 0.0677. The molecule has 5 heteroatoms. The Balaban J connectivity index is 1.48. The summed E-state index contributed by atoms with van der Waals surface area (Å²) in [5, 5.41) is 15.4. The van der Waals surface area contributed by atoms with Crippen LogP contribution in [0.3, 0.4) is 0 Å². The van der Waals surface area contributed by atoms with E-state index in [1.165, 1.54) is 10.4 Å². The molecule has 0 saturated carbocycles. The van der Waals surface area contributed by atoms with E-state index in [1.54, 1.807) is 0 Å². The summed E-state index contributed by atoms with van der Waals surface area (Å²) in [4.78, 5) is 0. The maximum absolute atomic E-state index is 14.6. The zero-order chi connectivity index (χ0) is 28.6. The van der Waals surface area contributed by atoms with E-state index in [4.69, 9.17) is 4.43 Å². The molecule has 0 fully saturated rings. The lowest BCUT2D eigenvalue weighted by Gasteiger charge is -2.43. The first-order chi connectivity index (χ1) is 19.2. The molecule has 0 bridgehead atoms. The van der Waals surface area contributed by atoms with Crippen LogP contribution in [0.2, 0.25) is 5.04 Å². The summed E-state index contributed by atoms with van der Waals surface area (Å²) in [7, 11) is -5.60. The molecule has 4 aromatic carbocycles. The van der Waals surface area contributed by atoms with Crippen molar-refractivity contribution in [2.45, 2.75) is 63.8 Å². The number of aliphatic hydroxyl groups excluding tert-OH is 1. The Morgan fingerprint density at radius 1 is 0.700 bits per heavy atom. The van der Waals surface area contributed by atoms with Crippen molar-refractivity contribution in [1.29, 1.82) is 0 Å². The molecule has 0 aliphatic carbocycles. The first-order valence-corrected chi connectivity index (χ1v) is 18.0. The molecule has 1 N–H and O–H groups in total. The molecule has 0 aromatic heterocycles. The van der Waals surface area contributed by atoms with Gasteiger partial charge in [-0.25, -0.2) is 0 Å². The molecule has 0 unspecified atom stereocenters. The van der Waals surface area contributed by atoms with E-state index in [-0.39, 0.29) is 5.04 Å². The van der Waals surface area contributed by atoms with Gasteiger partial charge in [0.05, 0.1) is 6.10 Å². The van der Waals surface area contributed by atoms with E-state index in [9.17, 15) is 9.67 Å². The van der Waals surface area contributed by atoms with Gasteiger partial charge in [-0.2, -0.15) is 0 Å². The Bertz CT molecular complexity index is 1270. The molecule has 0 spiro atoms. The summed E-state index contributed by atoms with van der Waals surface area (Å²) >= 11 is 0. The number of rotatable bonds is 12. The van der Waals surface area contributed by atoms with Crippen molar-refractivity contribution in [2.75, 3.05) is 6.61 Å². The van der Waals surface area contributed by atoms with E-state index in [0.717, 1.165) is 23.5 Å². The maximum Gasteiger partial charge on any atom is 0.261 e. The Morgan fingerprint density at radius 2 is 1.10 bits per heavy atom. The number of hydrogen-bond acceptors (Lipinski definition) is 3. The average Bonchev–Trinajstić information content (AvgIpc) is 2.99. The van der Waals surface area contributed by atoms with Crippen LogP contribution in [0.15, 0.2) is 121 Å². The summed E-state index contributed by atoms with van der Waals surface area (Å²) in [6.45, 7) is 9.41. The summed E-state index contributed by atoms with van der Waals surface area (Å²) in [5.74, 6) is 0. The fourth-order valence-corrected chi connectivity index (χ4v) is 13.6.